The van der Waals surface area contributed by atoms with Gasteiger partial charge in [0, 0.05) is 36.8 Å². The molecule has 1 aliphatic carbocycles. The van der Waals surface area contributed by atoms with Crippen LogP contribution in [0, 0.1) is 0 Å². The number of carbonyl (C=O) groups excluding carboxylic acids is 1. The molecule has 1 aromatic carbocycles. The van der Waals surface area contributed by atoms with E-state index >= 15 is 0 Å². The second-order valence-electron chi connectivity index (χ2n) is 8.48. The zero-order chi connectivity index (χ0) is 24.4. The van der Waals surface area contributed by atoms with Gasteiger partial charge < -0.3 is 5.32 Å². The zero-order valence-electron chi connectivity index (χ0n) is 18.5. The van der Waals surface area contributed by atoms with Crippen molar-refractivity contribution in [2.24, 2.45) is 0 Å². The van der Waals surface area contributed by atoms with Gasteiger partial charge in [0.25, 0.3) is 0 Å². The Morgan fingerprint density at radius 3 is 2.29 bits per heavy atom. The number of hydrogen-bond acceptors (Lipinski definition) is 5. The first-order chi connectivity index (χ1) is 16.8. The van der Waals surface area contributed by atoms with Crippen LogP contribution in [-0.4, -0.2) is 30.6 Å². The predicted molar refractivity (Wildman–Crippen MR) is 122 cm³/mol. The Morgan fingerprint density at radius 2 is 1.66 bits per heavy atom. The highest BCUT2D eigenvalue weighted by atomic mass is 19.4. The molecule has 0 saturated heterocycles. The Hall–Kier alpha value is -4.08. The Kier molecular flexibility index (Phi) is 6.02. The van der Waals surface area contributed by atoms with Gasteiger partial charge in [0.1, 0.15) is 11.6 Å². The van der Waals surface area contributed by atoms with Gasteiger partial charge in [0.2, 0.25) is 5.91 Å². The van der Waals surface area contributed by atoms with Crippen molar-refractivity contribution < 1.29 is 18.0 Å². The molecule has 0 unspecified atom stereocenters. The number of alkyl halides is 3. The normalized spacial score (nSPS) is 13.6. The van der Waals surface area contributed by atoms with Crippen molar-refractivity contribution in [1.82, 2.24) is 24.7 Å². The van der Waals surface area contributed by atoms with Crippen molar-refractivity contribution in [2.45, 2.75) is 37.9 Å². The molecule has 10 heteroatoms. The van der Waals surface area contributed by atoms with Crippen molar-refractivity contribution in [3.05, 3.63) is 89.9 Å². The second kappa shape index (κ2) is 9.28. The van der Waals surface area contributed by atoms with Crippen LogP contribution in [0.25, 0.3) is 11.1 Å². The molecular formula is C25H21F3N6O. The standard InChI is InChI=1S/C25H21F3N6O/c26-25(27,28)20-5-8-22(31-14-20)33-24(35)10-16-1-3-18(4-2-16)19-12-29-23(30-13-19)9-17-11-32-34(15-17)21-6-7-21/h1-5,8,11-15,21H,6-7,9-10H2,(H,31,33,35). The fourth-order valence-corrected chi connectivity index (χ4v) is 3.61. The number of hydrogen-bond donors (Lipinski definition) is 1. The summed E-state index contributed by atoms with van der Waals surface area (Å²) in [6.45, 7) is 0. The van der Waals surface area contributed by atoms with Crippen molar-refractivity contribution in [3.8, 4) is 11.1 Å². The van der Waals surface area contributed by atoms with Crippen LogP contribution >= 0.6 is 0 Å². The quantitative estimate of drug-likeness (QED) is 0.410. The maximum atomic E-state index is 12.6. The summed E-state index contributed by atoms with van der Waals surface area (Å²) in [5, 5.41) is 6.90. The second-order valence-corrected chi connectivity index (χ2v) is 8.48. The van der Waals surface area contributed by atoms with Gasteiger partial charge in [0.05, 0.1) is 24.2 Å². The molecule has 1 amide bonds. The summed E-state index contributed by atoms with van der Waals surface area (Å²) in [5.41, 5.74) is 2.73. The highest BCUT2D eigenvalue weighted by molar-refractivity contribution is 5.91. The molecule has 0 aliphatic heterocycles. The van der Waals surface area contributed by atoms with Crippen molar-refractivity contribution in [2.75, 3.05) is 5.32 Å². The molecule has 0 radical (unpaired) electrons. The van der Waals surface area contributed by atoms with Gasteiger partial charge in [-0.25, -0.2) is 15.0 Å². The van der Waals surface area contributed by atoms with E-state index in [0.29, 0.717) is 24.5 Å². The summed E-state index contributed by atoms with van der Waals surface area (Å²) in [5.74, 6) is 0.411. The van der Waals surface area contributed by atoms with E-state index in [1.807, 2.05) is 35.1 Å². The number of carbonyl (C=O) groups is 1. The van der Waals surface area contributed by atoms with E-state index in [0.717, 1.165) is 34.4 Å². The minimum Gasteiger partial charge on any atom is -0.310 e. The first-order valence-corrected chi connectivity index (χ1v) is 11.1. The summed E-state index contributed by atoms with van der Waals surface area (Å²) in [7, 11) is 0. The number of rotatable bonds is 7. The largest absolute Gasteiger partial charge is 0.417 e. The van der Waals surface area contributed by atoms with E-state index < -0.39 is 11.7 Å². The van der Waals surface area contributed by atoms with E-state index in [1.54, 1.807) is 12.4 Å². The minimum absolute atomic E-state index is 0.0625. The molecule has 1 N–H and O–H groups in total. The van der Waals surface area contributed by atoms with E-state index in [2.05, 4.69) is 31.6 Å². The number of amides is 1. The third-order valence-corrected chi connectivity index (χ3v) is 5.65. The molecule has 0 bridgehead atoms. The highest BCUT2D eigenvalue weighted by Gasteiger charge is 2.30. The zero-order valence-corrected chi connectivity index (χ0v) is 18.5. The van der Waals surface area contributed by atoms with Crippen LogP contribution < -0.4 is 5.32 Å². The van der Waals surface area contributed by atoms with Gasteiger partial charge in [-0.05, 0) is 41.7 Å². The van der Waals surface area contributed by atoms with Crippen LogP contribution in [0.2, 0.25) is 0 Å². The summed E-state index contributed by atoms with van der Waals surface area (Å²) in [4.78, 5) is 24.8. The summed E-state index contributed by atoms with van der Waals surface area (Å²) < 4.78 is 39.9. The van der Waals surface area contributed by atoms with Crippen LogP contribution in [0.15, 0.2) is 67.4 Å². The maximum Gasteiger partial charge on any atom is 0.417 e. The minimum atomic E-state index is -4.47. The fraction of sp³-hybridized carbons (Fsp3) is 0.240. The first-order valence-electron chi connectivity index (χ1n) is 11.1. The Morgan fingerprint density at radius 1 is 0.914 bits per heavy atom. The topological polar surface area (TPSA) is 85.6 Å². The third-order valence-electron chi connectivity index (χ3n) is 5.65. The van der Waals surface area contributed by atoms with E-state index in [-0.39, 0.29) is 18.1 Å². The molecule has 5 rings (SSSR count). The van der Waals surface area contributed by atoms with Crippen molar-refractivity contribution in [3.63, 3.8) is 0 Å². The van der Waals surface area contributed by atoms with Crippen molar-refractivity contribution in [1.29, 1.82) is 0 Å². The summed E-state index contributed by atoms with van der Waals surface area (Å²) in [6.07, 6.45) is 6.73. The van der Waals surface area contributed by atoms with Crippen LogP contribution in [0.5, 0.6) is 0 Å². The number of pyridine rings is 1. The lowest BCUT2D eigenvalue weighted by Crippen LogP contribution is -2.15. The average Bonchev–Trinajstić information content (AvgIpc) is 3.59. The molecule has 35 heavy (non-hydrogen) atoms. The Bertz CT molecular complexity index is 1310. The lowest BCUT2D eigenvalue weighted by molar-refractivity contribution is -0.137. The van der Waals surface area contributed by atoms with Crippen molar-refractivity contribution >= 4 is 11.7 Å². The molecular weight excluding hydrogens is 457 g/mol. The van der Waals surface area contributed by atoms with Gasteiger partial charge >= 0.3 is 6.18 Å². The first kappa shape index (κ1) is 22.7. The number of nitrogens with zero attached hydrogens (tertiary/aromatic N) is 5. The average molecular weight is 478 g/mol. The van der Waals surface area contributed by atoms with Gasteiger partial charge in [-0.3, -0.25) is 9.48 Å². The smallest absolute Gasteiger partial charge is 0.310 e. The van der Waals surface area contributed by atoms with E-state index in [4.69, 9.17) is 0 Å². The van der Waals surface area contributed by atoms with E-state index in [9.17, 15) is 18.0 Å². The van der Waals surface area contributed by atoms with Crippen LogP contribution in [0.4, 0.5) is 19.0 Å². The molecule has 3 heterocycles. The molecule has 0 atom stereocenters. The molecule has 0 spiro atoms. The molecule has 1 fully saturated rings. The molecule has 1 aliphatic rings. The monoisotopic (exact) mass is 478 g/mol. The predicted octanol–water partition coefficient (Wildman–Crippen LogP) is 4.86. The molecule has 178 valence electrons. The summed E-state index contributed by atoms with van der Waals surface area (Å²) in [6, 6.07) is 9.93. The van der Waals surface area contributed by atoms with Gasteiger partial charge in [-0.2, -0.15) is 18.3 Å². The Labute approximate surface area is 199 Å². The number of anilines is 1. The van der Waals surface area contributed by atoms with Gasteiger partial charge in [-0.1, -0.05) is 24.3 Å². The molecule has 1 saturated carbocycles. The SMILES string of the molecule is O=C(Cc1ccc(-c2cnc(Cc3cnn(C4CC4)c3)nc2)cc1)Nc1ccc(C(F)(F)F)cn1. The lowest BCUT2D eigenvalue weighted by atomic mass is 10.0. The van der Waals surface area contributed by atoms with Gasteiger partial charge in [-0.15, -0.1) is 0 Å². The van der Waals surface area contributed by atoms with E-state index in [1.165, 1.54) is 12.8 Å². The number of aromatic nitrogens is 5. The number of halogens is 3. The summed E-state index contributed by atoms with van der Waals surface area (Å²) >= 11 is 0. The molecule has 4 aromatic rings. The molecule has 7 nitrogen and oxygen atoms in total. The van der Waals surface area contributed by atoms with Crippen LogP contribution in [0.1, 0.15) is 41.4 Å². The number of nitrogens with one attached hydrogen (secondary N) is 1. The molecule has 3 aromatic heterocycles. The lowest BCUT2D eigenvalue weighted by Gasteiger charge is -2.08. The maximum absolute atomic E-state index is 12.6. The number of benzene rings is 1. The Balaban J connectivity index is 1.16. The van der Waals surface area contributed by atoms with Gasteiger partial charge in [0.15, 0.2) is 0 Å². The fourth-order valence-electron chi connectivity index (χ4n) is 3.61. The highest BCUT2D eigenvalue weighted by Crippen LogP contribution is 2.34. The third kappa shape index (κ3) is 5.71. The van der Waals surface area contributed by atoms with Crippen LogP contribution in [-0.2, 0) is 23.8 Å². The van der Waals surface area contributed by atoms with Crippen LogP contribution in [0.3, 0.4) is 0 Å².